The van der Waals surface area contributed by atoms with Gasteiger partial charge in [0.25, 0.3) is 5.69 Å². The highest BCUT2D eigenvalue weighted by Gasteiger charge is 2.35. The van der Waals surface area contributed by atoms with Gasteiger partial charge in [0.2, 0.25) is 0 Å². The molecule has 0 aliphatic heterocycles. The van der Waals surface area contributed by atoms with Gasteiger partial charge in [-0.15, -0.1) is 0 Å². The molecule has 0 aromatic heterocycles. The van der Waals surface area contributed by atoms with E-state index in [2.05, 4.69) is 5.32 Å². The van der Waals surface area contributed by atoms with Crippen LogP contribution >= 0.6 is 0 Å². The molecule has 7 nitrogen and oxygen atoms in total. The standard InChI is InChI=1S/C13H18N2O5S/c1-20-9-6-7-10(12(8-9)15(16)17)14-11-4-3-5-13(11)21(2,18)19/h6-8,11,13-14H,3-5H2,1-2H3. The molecule has 116 valence electrons. The molecule has 2 atom stereocenters. The minimum absolute atomic E-state index is 0.117. The van der Waals surface area contributed by atoms with Gasteiger partial charge in [-0.2, -0.15) is 0 Å². The molecule has 21 heavy (non-hydrogen) atoms. The molecule has 1 aromatic rings. The summed E-state index contributed by atoms with van der Waals surface area (Å²) in [6, 6.07) is 4.19. The Morgan fingerprint density at radius 2 is 2.10 bits per heavy atom. The summed E-state index contributed by atoms with van der Waals surface area (Å²) in [5.41, 5.74) is 0.204. The molecule has 8 heteroatoms. The van der Waals surface area contributed by atoms with E-state index in [1.807, 2.05) is 0 Å². The van der Waals surface area contributed by atoms with Crippen LogP contribution < -0.4 is 10.1 Å². The molecule has 0 bridgehead atoms. The molecular formula is C13H18N2O5S. The number of nitro benzene ring substituents is 1. The van der Waals surface area contributed by atoms with Gasteiger partial charge in [-0.1, -0.05) is 0 Å². The first-order valence-corrected chi connectivity index (χ1v) is 8.56. The number of hydrogen-bond acceptors (Lipinski definition) is 6. The Labute approximate surface area is 123 Å². The fraction of sp³-hybridized carbons (Fsp3) is 0.538. The van der Waals surface area contributed by atoms with Gasteiger partial charge < -0.3 is 10.1 Å². The fourth-order valence-corrected chi connectivity index (χ4v) is 4.11. The Kier molecular flexibility index (Phi) is 4.36. The number of rotatable bonds is 5. The van der Waals surface area contributed by atoms with E-state index in [0.717, 1.165) is 6.42 Å². The van der Waals surface area contributed by atoms with Crippen molar-refractivity contribution in [1.29, 1.82) is 0 Å². The van der Waals surface area contributed by atoms with Gasteiger partial charge in [0.05, 0.1) is 23.3 Å². The smallest absolute Gasteiger partial charge is 0.296 e. The number of benzene rings is 1. The largest absolute Gasteiger partial charge is 0.496 e. The zero-order valence-corrected chi connectivity index (χ0v) is 12.7. The van der Waals surface area contributed by atoms with E-state index < -0.39 is 20.0 Å². The monoisotopic (exact) mass is 314 g/mol. The lowest BCUT2D eigenvalue weighted by Crippen LogP contribution is -2.34. The Morgan fingerprint density at radius 3 is 2.67 bits per heavy atom. The van der Waals surface area contributed by atoms with Crippen molar-refractivity contribution in [2.75, 3.05) is 18.7 Å². The predicted octanol–water partition coefficient (Wildman–Crippen LogP) is 1.98. The molecule has 2 unspecified atom stereocenters. The van der Waals surface area contributed by atoms with Gasteiger partial charge in [-0.3, -0.25) is 10.1 Å². The second-order valence-corrected chi connectivity index (χ2v) is 7.45. The highest BCUT2D eigenvalue weighted by Crippen LogP contribution is 2.33. The van der Waals surface area contributed by atoms with E-state index in [9.17, 15) is 18.5 Å². The van der Waals surface area contributed by atoms with Crippen molar-refractivity contribution in [3.05, 3.63) is 28.3 Å². The van der Waals surface area contributed by atoms with Crippen LogP contribution in [0.5, 0.6) is 5.75 Å². The average molecular weight is 314 g/mol. The van der Waals surface area contributed by atoms with Crippen LogP contribution in [0.15, 0.2) is 18.2 Å². The third-order valence-corrected chi connectivity index (χ3v) is 5.41. The quantitative estimate of drug-likeness (QED) is 0.659. The number of ether oxygens (including phenoxy) is 1. The molecule has 1 fully saturated rings. The fourth-order valence-electron chi connectivity index (χ4n) is 2.71. The second-order valence-electron chi connectivity index (χ2n) is 5.19. The van der Waals surface area contributed by atoms with E-state index in [-0.39, 0.29) is 11.7 Å². The van der Waals surface area contributed by atoms with E-state index in [4.69, 9.17) is 4.74 Å². The molecule has 1 aliphatic carbocycles. The summed E-state index contributed by atoms with van der Waals surface area (Å²) >= 11 is 0. The van der Waals surface area contributed by atoms with Gasteiger partial charge in [-0.25, -0.2) is 8.42 Å². The van der Waals surface area contributed by atoms with Crippen LogP contribution in [0.3, 0.4) is 0 Å². The van der Waals surface area contributed by atoms with E-state index >= 15 is 0 Å². The Hall–Kier alpha value is -1.83. The first-order chi connectivity index (χ1) is 9.82. The summed E-state index contributed by atoms with van der Waals surface area (Å²) in [5.74, 6) is 0.387. The van der Waals surface area contributed by atoms with Gasteiger partial charge in [-0.05, 0) is 31.4 Å². The maximum atomic E-state index is 11.8. The van der Waals surface area contributed by atoms with Crippen LogP contribution in [0.1, 0.15) is 19.3 Å². The number of nitro groups is 1. The Bertz CT molecular complexity index is 644. The lowest BCUT2D eigenvalue weighted by Gasteiger charge is -2.20. The molecule has 0 spiro atoms. The number of anilines is 1. The minimum Gasteiger partial charge on any atom is -0.496 e. The lowest BCUT2D eigenvalue weighted by molar-refractivity contribution is -0.384. The predicted molar refractivity (Wildman–Crippen MR) is 79.5 cm³/mol. The van der Waals surface area contributed by atoms with Gasteiger partial charge in [0, 0.05) is 12.3 Å². The number of hydrogen-bond donors (Lipinski definition) is 1. The number of sulfone groups is 1. The first kappa shape index (κ1) is 15.6. The number of methoxy groups -OCH3 is 1. The number of nitrogens with one attached hydrogen (secondary N) is 1. The average Bonchev–Trinajstić information content (AvgIpc) is 2.87. The molecular weight excluding hydrogens is 296 g/mol. The summed E-state index contributed by atoms with van der Waals surface area (Å²) in [5, 5.41) is 13.7. The maximum Gasteiger partial charge on any atom is 0.296 e. The van der Waals surface area contributed by atoms with Crippen molar-refractivity contribution in [2.45, 2.75) is 30.6 Å². The third kappa shape index (κ3) is 3.44. The van der Waals surface area contributed by atoms with Crippen molar-refractivity contribution < 1.29 is 18.1 Å². The van der Waals surface area contributed by atoms with Crippen LogP contribution in [0.2, 0.25) is 0 Å². The van der Waals surface area contributed by atoms with Gasteiger partial charge in [0.1, 0.15) is 11.4 Å². The van der Waals surface area contributed by atoms with Crippen molar-refractivity contribution in [3.8, 4) is 5.75 Å². The van der Waals surface area contributed by atoms with E-state index in [1.54, 1.807) is 12.1 Å². The Morgan fingerprint density at radius 1 is 1.38 bits per heavy atom. The van der Waals surface area contributed by atoms with Crippen LogP contribution in [0, 0.1) is 10.1 Å². The molecule has 1 aliphatic rings. The minimum atomic E-state index is -3.17. The molecule has 1 saturated carbocycles. The van der Waals surface area contributed by atoms with E-state index in [0.29, 0.717) is 24.3 Å². The van der Waals surface area contributed by atoms with Crippen molar-refractivity contribution in [2.24, 2.45) is 0 Å². The molecule has 2 rings (SSSR count). The van der Waals surface area contributed by atoms with Crippen molar-refractivity contribution in [3.63, 3.8) is 0 Å². The van der Waals surface area contributed by atoms with E-state index in [1.165, 1.54) is 19.4 Å². The van der Waals surface area contributed by atoms with Crippen molar-refractivity contribution >= 4 is 21.2 Å². The third-order valence-electron chi connectivity index (χ3n) is 3.74. The highest BCUT2D eigenvalue weighted by molar-refractivity contribution is 7.91. The summed E-state index contributed by atoms with van der Waals surface area (Å²) in [6.07, 6.45) is 3.26. The number of nitrogens with zero attached hydrogens (tertiary/aromatic N) is 1. The van der Waals surface area contributed by atoms with Crippen LogP contribution in [-0.2, 0) is 9.84 Å². The van der Waals surface area contributed by atoms with Crippen LogP contribution in [0.4, 0.5) is 11.4 Å². The summed E-state index contributed by atoms with van der Waals surface area (Å²) in [4.78, 5) is 10.6. The molecule has 0 amide bonds. The zero-order chi connectivity index (χ0) is 15.6. The highest BCUT2D eigenvalue weighted by atomic mass is 32.2. The normalized spacial score (nSPS) is 22.0. The molecule has 1 N–H and O–H groups in total. The molecule has 1 aromatic carbocycles. The summed E-state index contributed by atoms with van der Waals surface area (Å²) < 4.78 is 28.5. The van der Waals surface area contributed by atoms with Crippen molar-refractivity contribution in [1.82, 2.24) is 0 Å². The first-order valence-electron chi connectivity index (χ1n) is 6.60. The van der Waals surface area contributed by atoms with Crippen LogP contribution in [-0.4, -0.2) is 38.0 Å². The van der Waals surface area contributed by atoms with Gasteiger partial charge >= 0.3 is 0 Å². The van der Waals surface area contributed by atoms with Gasteiger partial charge in [0.15, 0.2) is 9.84 Å². The SMILES string of the molecule is COc1ccc(NC2CCCC2S(C)(=O)=O)c([N+](=O)[O-])c1. The zero-order valence-electron chi connectivity index (χ0n) is 11.9. The van der Waals surface area contributed by atoms with Crippen LogP contribution in [0.25, 0.3) is 0 Å². The molecule has 0 radical (unpaired) electrons. The lowest BCUT2D eigenvalue weighted by atomic mass is 10.2. The molecule has 0 saturated heterocycles. The molecule has 0 heterocycles. The maximum absolute atomic E-state index is 11.8. The summed E-state index contributed by atoms with van der Waals surface area (Å²) in [6.45, 7) is 0. The second kappa shape index (κ2) is 5.88. The summed E-state index contributed by atoms with van der Waals surface area (Å²) in [7, 11) is -1.74. The Balaban J connectivity index is 2.29. The topological polar surface area (TPSA) is 98.5 Å².